The van der Waals surface area contributed by atoms with E-state index in [-0.39, 0.29) is 32.2 Å². The second kappa shape index (κ2) is 7.46. The van der Waals surface area contributed by atoms with Crippen molar-refractivity contribution in [3.8, 4) is 12.3 Å². The molecule has 4 N–H and O–H groups in total. The number of alkyl halides is 3. The first-order valence-corrected chi connectivity index (χ1v) is 8.25. The highest BCUT2D eigenvalue weighted by atomic mass is 19.4. The number of hydrogen-bond donors (Lipinski definition) is 3. The van der Waals surface area contributed by atoms with Crippen LogP contribution in [-0.2, 0) is 19.2 Å². The molecule has 148 valence electrons. The van der Waals surface area contributed by atoms with Crippen LogP contribution in [0.4, 0.5) is 13.2 Å². The predicted octanol–water partition coefficient (Wildman–Crippen LogP) is -0.818. The highest BCUT2D eigenvalue weighted by Gasteiger charge is 2.57. The molecule has 2 aliphatic rings. The van der Waals surface area contributed by atoms with Gasteiger partial charge in [-0.2, -0.15) is 13.2 Å². The Morgan fingerprint density at radius 2 is 1.93 bits per heavy atom. The van der Waals surface area contributed by atoms with E-state index < -0.39 is 47.4 Å². The lowest BCUT2D eigenvalue weighted by molar-refractivity contribution is -0.175. The number of amides is 4. The second-order valence-electron chi connectivity index (χ2n) is 6.59. The van der Waals surface area contributed by atoms with Crippen molar-refractivity contribution in [1.82, 2.24) is 15.5 Å². The number of nitrogens with zero attached hydrogens (tertiary/aromatic N) is 1. The molecule has 0 radical (unpaired) electrons. The van der Waals surface area contributed by atoms with E-state index in [2.05, 4.69) is 11.2 Å². The van der Waals surface area contributed by atoms with Gasteiger partial charge in [-0.25, -0.2) is 0 Å². The highest BCUT2D eigenvalue weighted by molar-refractivity contribution is 5.98. The Kier molecular flexibility index (Phi) is 5.67. The summed E-state index contributed by atoms with van der Waals surface area (Å²) >= 11 is 0. The molecule has 2 rings (SSSR count). The lowest BCUT2D eigenvalue weighted by atomic mass is 10.1. The summed E-state index contributed by atoms with van der Waals surface area (Å²) < 4.78 is 37.4. The minimum absolute atomic E-state index is 0.0626. The van der Waals surface area contributed by atoms with Gasteiger partial charge >= 0.3 is 12.1 Å². The monoisotopic (exact) mass is 388 g/mol. The van der Waals surface area contributed by atoms with Crippen molar-refractivity contribution in [3.05, 3.63) is 0 Å². The van der Waals surface area contributed by atoms with Crippen molar-refractivity contribution >= 4 is 23.6 Å². The Hall–Kier alpha value is -2.77. The van der Waals surface area contributed by atoms with Crippen LogP contribution in [0.25, 0.3) is 0 Å². The zero-order valence-corrected chi connectivity index (χ0v) is 14.3. The quantitative estimate of drug-likeness (QED) is 0.515. The van der Waals surface area contributed by atoms with Gasteiger partial charge in [-0.15, -0.1) is 6.42 Å². The minimum Gasteiger partial charge on any atom is -0.370 e. The minimum atomic E-state index is -5.10. The van der Waals surface area contributed by atoms with E-state index in [1.54, 1.807) is 5.32 Å². The summed E-state index contributed by atoms with van der Waals surface area (Å²) in [6.07, 6.45) is 0.716. The van der Waals surface area contributed by atoms with Crippen LogP contribution in [0.2, 0.25) is 0 Å². The fourth-order valence-electron chi connectivity index (χ4n) is 2.98. The molecule has 0 bridgehead atoms. The van der Waals surface area contributed by atoms with Crippen LogP contribution >= 0.6 is 0 Å². The van der Waals surface area contributed by atoms with Crippen molar-refractivity contribution in [2.45, 2.75) is 55.9 Å². The Morgan fingerprint density at radius 1 is 1.30 bits per heavy atom. The summed E-state index contributed by atoms with van der Waals surface area (Å²) in [6.45, 7) is 0.164. The zero-order valence-electron chi connectivity index (χ0n) is 14.3. The van der Waals surface area contributed by atoms with E-state index in [4.69, 9.17) is 12.2 Å². The largest absolute Gasteiger partial charge is 0.471 e. The Labute approximate surface area is 153 Å². The molecule has 0 aromatic carbocycles. The summed E-state index contributed by atoms with van der Waals surface area (Å²) in [6, 6.07) is -1.89. The highest BCUT2D eigenvalue weighted by Crippen LogP contribution is 2.40. The maximum Gasteiger partial charge on any atom is 0.471 e. The normalized spacial score (nSPS) is 21.7. The van der Waals surface area contributed by atoms with Crippen LogP contribution in [-0.4, -0.2) is 58.9 Å². The van der Waals surface area contributed by atoms with Crippen LogP contribution in [0.1, 0.15) is 32.1 Å². The van der Waals surface area contributed by atoms with Crippen molar-refractivity contribution in [3.63, 3.8) is 0 Å². The molecule has 8 nitrogen and oxygen atoms in total. The van der Waals surface area contributed by atoms with Gasteiger partial charge in [-0.1, -0.05) is 5.92 Å². The molecule has 2 atom stereocenters. The third kappa shape index (κ3) is 4.69. The molecule has 1 saturated carbocycles. The maximum absolute atomic E-state index is 12.7. The smallest absolute Gasteiger partial charge is 0.370 e. The van der Waals surface area contributed by atoms with Gasteiger partial charge in [-0.3, -0.25) is 19.2 Å². The summed E-state index contributed by atoms with van der Waals surface area (Å²) in [7, 11) is 0. The van der Waals surface area contributed by atoms with E-state index in [0.29, 0.717) is 6.42 Å². The predicted molar refractivity (Wildman–Crippen MR) is 85.5 cm³/mol. The van der Waals surface area contributed by atoms with Gasteiger partial charge < -0.3 is 21.3 Å². The van der Waals surface area contributed by atoms with E-state index in [1.165, 1.54) is 0 Å². The van der Waals surface area contributed by atoms with Crippen LogP contribution in [0, 0.1) is 12.3 Å². The number of terminal acetylenes is 1. The average molecular weight is 388 g/mol. The van der Waals surface area contributed by atoms with Crippen LogP contribution in [0.3, 0.4) is 0 Å². The first-order valence-electron chi connectivity index (χ1n) is 8.25. The number of nitrogens with one attached hydrogen (secondary N) is 2. The molecular weight excluding hydrogens is 369 g/mol. The first-order chi connectivity index (χ1) is 12.5. The SMILES string of the molecule is C#C[C@H](CC(N)=O)NC(=O)[C@@H]1CCCN1C(=O)C1(NC(=O)C(F)(F)F)CC1. The van der Waals surface area contributed by atoms with E-state index in [1.807, 2.05) is 0 Å². The number of hydrogen-bond acceptors (Lipinski definition) is 4. The average Bonchev–Trinajstić information content (AvgIpc) is 3.18. The standard InChI is InChI=1S/C16H19F3N4O4/c1-2-9(8-11(20)24)21-12(25)10-4-3-7-23(10)14(27)15(5-6-15)22-13(26)16(17,18)19/h1,9-10H,3-8H2,(H2,20,24)(H,21,25)(H,22,26)/t9-,10+/m1/s1. The number of carbonyl (C=O) groups is 4. The van der Waals surface area contributed by atoms with Crippen LogP contribution < -0.4 is 16.4 Å². The van der Waals surface area contributed by atoms with Gasteiger partial charge in [0.15, 0.2) is 0 Å². The third-order valence-electron chi connectivity index (χ3n) is 4.51. The van der Waals surface area contributed by atoms with Gasteiger partial charge in [0.2, 0.25) is 17.7 Å². The van der Waals surface area contributed by atoms with Gasteiger partial charge in [0.05, 0.1) is 12.5 Å². The Bertz CT molecular complexity index is 697. The van der Waals surface area contributed by atoms with Gasteiger partial charge in [0.25, 0.3) is 0 Å². The molecule has 0 spiro atoms. The molecule has 4 amide bonds. The fraction of sp³-hybridized carbons (Fsp3) is 0.625. The van der Waals surface area contributed by atoms with Gasteiger partial charge in [0.1, 0.15) is 11.6 Å². The molecule has 1 aliphatic heterocycles. The maximum atomic E-state index is 12.7. The molecule has 1 saturated heterocycles. The number of primary amides is 1. The molecule has 0 aromatic rings. The van der Waals surface area contributed by atoms with E-state index in [9.17, 15) is 32.3 Å². The van der Waals surface area contributed by atoms with E-state index >= 15 is 0 Å². The molecule has 2 fully saturated rings. The number of carbonyl (C=O) groups excluding carboxylic acids is 4. The lowest BCUT2D eigenvalue weighted by Gasteiger charge is -2.29. The van der Waals surface area contributed by atoms with Gasteiger partial charge in [0, 0.05) is 6.54 Å². The third-order valence-corrected chi connectivity index (χ3v) is 4.51. The second-order valence-corrected chi connectivity index (χ2v) is 6.59. The van der Waals surface area contributed by atoms with E-state index in [0.717, 1.165) is 4.90 Å². The number of likely N-dealkylation sites (tertiary alicyclic amines) is 1. The molecule has 0 unspecified atom stereocenters. The lowest BCUT2D eigenvalue weighted by Crippen LogP contribution is -2.57. The summed E-state index contributed by atoms with van der Waals surface area (Å²) in [4.78, 5) is 48.4. The fourth-order valence-corrected chi connectivity index (χ4v) is 2.98. The van der Waals surface area contributed by atoms with Crippen molar-refractivity contribution in [1.29, 1.82) is 0 Å². The summed E-state index contributed by atoms with van der Waals surface area (Å²) in [5.74, 6) is -2.07. The molecule has 27 heavy (non-hydrogen) atoms. The first kappa shape index (κ1) is 20.5. The molecule has 11 heteroatoms. The molecule has 0 aromatic heterocycles. The summed E-state index contributed by atoms with van der Waals surface area (Å²) in [5, 5.41) is 4.17. The van der Waals surface area contributed by atoms with Crippen molar-refractivity contribution in [2.24, 2.45) is 5.73 Å². The number of nitrogens with two attached hydrogens (primary N) is 1. The molecular formula is C16H19F3N4O4. The number of rotatable bonds is 6. The topological polar surface area (TPSA) is 122 Å². The van der Waals surface area contributed by atoms with Gasteiger partial charge in [-0.05, 0) is 25.7 Å². The Morgan fingerprint density at radius 3 is 2.41 bits per heavy atom. The summed E-state index contributed by atoms with van der Waals surface area (Å²) in [5.41, 5.74) is 3.41. The van der Waals surface area contributed by atoms with Crippen LogP contribution in [0.15, 0.2) is 0 Å². The molecule has 1 heterocycles. The van der Waals surface area contributed by atoms with Crippen LogP contribution in [0.5, 0.6) is 0 Å². The molecule has 1 aliphatic carbocycles. The zero-order chi connectivity index (χ0) is 20.4. The van der Waals surface area contributed by atoms with Crippen molar-refractivity contribution < 1.29 is 32.3 Å². The Balaban J connectivity index is 2.06. The number of halogens is 3. The van der Waals surface area contributed by atoms with Crippen molar-refractivity contribution in [2.75, 3.05) is 6.54 Å².